The van der Waals surface area contributed by atoms with Crippen molar-refractivity contribution in [2.75, 3.05) is 0 Å². The van der Waals surface area contributed by atoms with E-state index in [0.29, 0.717) is 5.69 Å². The summed E-state index contributed by atoms with van der Waals surface area (Å²) in [5, 5.41) is 0. The van der Waals surface area contributed by atoms with E-state index in [1.807, 2.05) is 0 Å². The van der Waals surface area contributed by atoms with Crippen LogP contribution in [0.2, 0.25) is 0 Å². The standard InChI is InChI=1S/C13H9BrF3NO2S/c14-11-7-9(13(15,16)17)4-5-12(11)21(19,20)8-10-3-1-2-6-18-10/h1-7H,8H2. The Labute approximate surface area is 127 Å². The van der Waals surface area contributed by atoms with Gasteiger partial charge in [0, 0.05) is 10.7 Å². The van der Waals surface area contributed by atoms with E-state index in [2.05, 4.69) is 20.9 Å². The molecule has 112 valence electrons. The summed E-state index contributed by atoms with van der Waals surface area (Å²) in [5.41, 5.74) is -0.588. The molecule has 0 N–H and O–H groups in total. The Kier molecular flexibility index (Phi) is 4.38. The van der Waals surface area contributed by atoms with Crippen LogP contribution in [0.3, 0.4) is 0 Å². The lowest BCUT2D eigenvalue weighted by Crippen LogP contribution is -2.09. The Balaban J connectivity index is 2.37. The maximum Gasteiger partial charge on any atom is 0.416 e. The highest BCUT2D eigenvalue weighted by atomic mass is 79.9. The molecule has 0 aliphatic heterocycles. The van der Waals surface area contributed by atoms with Gasteiger partial charge in [-0.3, -0.25) is 4.98 Å². The highest BCUT2D eigenvalue weighted by molar-refractivity contribution is 9.10. The maximum absolute atomic E-state index is 12.6. The van der Waals surface area contributed by atoms with E-state index in [1.165, 1.54) is 12.3 Å². The van der Waals surface area contributed by atoms with Gasteiger partial charge in [-0.05, 0) is 46.3 Å². The predicted octanol–water partition coefficient (Wildman–Crippen LogP) is 3.84. The van der Waals surface area contributed by atoms with E-state index in [4.69, 9.17) is 0 Å². The van der Waals surface area contributed by atoms with Gasteiger partial charge in [-0.15, -0.1) is 0 Å². The number of hydrogen-bond acceptors (Lipinski definition) is 3. The molecule has 2 aromatic rings. The van der Waals surface area contributed by atoms with Crippen molar-refractivity contribution in [3.8, 4) is 0 Å². The van der Waals surface area contributed by atoms with Gasteiger partial charge in [0.25, 0.3) is 0 Å². The monoisotopic (exact) mass is 379 g/mol. The van der Waals surface area contributed by atoms with Crippen LogP contribution in [0.4, 0.5) is 13.2 Å². The number of sulfone groups is 1. The molecular formula is C13H9BrF3NO2S. The third-order valence-corrected chi connectivity index (χ3v) is 5.28. The van der Waals surface area contributed by atoms with Crippen LogP contribution >= 0.6 is 15.9 Å². The van der Waals surface area contributed by atoms with Gasteiger partial charge in [0.1, 0.15) is 0 Å². The summed E-state index contributed by atoms with van der Waals surface area (Å²) < 4.78 is 62.0. The van der Waals surface area contributed by atoms with E-state index in [-0.39, 0.29) is 15.1 Å². The number of alkyl halides is 3. The van der Waals surface area contributed by atoms with E-state index in [0.717, 1.165) is 18.2 Å². The molecule has 2 rings (SSSR count). The van der Waals surface area contributed by atoms with Gasteiger partial charge < -0.3 is 0 Å². The first-order chi connectivity index (χ1) is 9.70. The van der Waals surface area contributed by atoms with Crippen LogP contribution < -0.4 is 0 Å². The Bertz CT molecular complexity index is 746. The Hall–Kier alpha value is -1.41. The average molecular weight is 380 g/mol. The summed E-state index contributed by atoms with van der Waals surface area (Å²) in [6.07, 6.45) is -3.07. The van der Waals surface area contributed by atoms with Crippen molar-refractivity contribution in [1.29, 1.82) is 0 Å². The summed E-state index contributed by atoms with van der Waals surface area (Å²) >= 11 is 2.89. The molecule has 8 heteroatoms. The number of aromatic nitrogens is 1. The van der Waals surface area contributed by atoms with Crippen molar-refractivity contribution in [2.45, 2.75) is 16.8 Å². The van der Waals surface area contributed by atoms with Crippen LogP contribution in [0.5, 0.6) is 0 Å². The van der Waals surface area contributed by atoms with Crippen molar-refractivity contribution < 1.29 is 21.6 Å². The van der Waals surface area contributed by atoms with E-state index < -0.39 is 21.6 Å². The minimum atomic E-state index is -4.52. The third kappa shape index (κ3) is 3.82. The second-order valence-electron chi connectivity index (χ2n) is 4.22. The van der Waals surface area contributed by atoms with Gasteiger partial charge in [-0.1, -0.05) is 6.07 Å². The lowest BCUT2D eigenvalue weighted by atomic mass is 10.2. The van der Waals surface area contributed by atoms with Crippen LogP contribution in [-0.2, 0) is 21.8 Å². The van der Waals surface area contributed by atoms with Gasteiger partial charge in [-0.25, -0.2) is 8.42 Å². The molecule has 0 radical (unpaired) electrons. The molecular weight excluding hydrogens is 371 g/mol. The average Bonchev–Trinajstić information content (AvgIpc) is 2.37. The first-order valence-electron chi connectivity index (χ1n) is 5.69. The van der Waals surface area contributed by atoms with Gasteiger partial charge in [0.15, 0.2) is 9.84 Å². The fraction of sp³-hybridized carbons (Fsp3) is 0.154. The Morgan fingerprint density at radius 2 is 1.86 bits per heavy atom. The lowest BCUT2D eigenvalue weighted by molar-refractivity contribution is -0.137. The number of rotatable bonds is 3. The molecule has 21 heavy (non-hydrogen) atoms. The predicted molar refractivity (Wildman–Crippen MR) is 74.3 cm³/mol. The van der Waals surface area contributed by atoms with Crippen LogP contribution in [0.1, 0.15) is 11.3 Å². The van der Waals surface area contributed by atoms with Crippen LogP contribution in [0, 0.1) is 0 Å². The number of pyridine rings is 1. The van der Waals surface area contributed by atoms with Crippen LogP contribution in [-0.4, -0.2) is 13.4 Å². The van der Waals surface area contributed by atoms with E-state index in [9.17, 15) is 21.6 Å². The SMILES string of the molecule is O=S(=O)(Cc1ccccn1)c1ccc(C(F)(F)F)cc1Br. The highest BCUT2D eigenvalue weighted by Gasteiger charge is 2.32. The van der Waals surface area contributed by atoms with Crippen molar-refractivity contribution in [3.63, 3.8) is 0 Å². The van der Waals surface area contributed by atoms with Gasteiger partial charge >= 0.3 is 6.18 Å². The first kappa shape index (κ1) is 16.0. The number of benzene rings is 1. The molecule has 0 atom stereocenters. The zero-order valence-corrected chi connectivity index (χ0v) is 12.8. The van der Waals surface area contributed by atoms with Crippen molar-refractivity contribution in [1.82, 2.24) is 4.98 Å². The zero-order chi connectivity index (χ0) is 15.7. The highest BCUT2D eigenvalue weighted by Crippen LogP contribution is 2.34. The summed E-state index contributed by atoms with van der Waals surface area (Å²) in [6.45, 7) is 0. The molecule has 1 heterocycles. The summed E-state index contributed by atoms with van der Waals surface area (Å²) in [6, 6.07) is 7.27. The molecule has 1 aromatic carbocycles. The number of halogens is 4. The fourth-order valence-electron chi connectivity index (χ4n) is 1.69. The zero-order valence-electron chi connectivity index (χ0n) is 10.4. The second-order valence-corrected chi connectivity index (χ2v) is 7.04. The molecule has 0 spiro atoms. The molecule has 0 amide bonds. The minimum Gasteiger partial charge on any atom is -0.260 e. The normalized spacial score (nSPS) is 12.4. The van der Waals surface area contributed by atoms with Crippen LogP contribution in [0.25, 0.3) is 0 Å². The lowest BCUT2D eigenvalue weighted by Gasteiger charge is -2.10. The Morgan fingerprint density at radius 1 is 1.14 bits per heavy atom. The largest absolute Gasteiger partial charge is 0.416 e. The molecule has 0 saturated heterocycles. The quantitative estimate of drug-likeness (QED) is 0.813. The van der Waals surface area contributed by atoms with E-state index >= 15 is 0 Å². The topological polar surface area (TPSA) is 47.0 Å². The van der Waals surface area contributed by atoms with Gasteiger partial charge in [0.05, 0.1) is 21.9 Å². The second kappa shape index (κ2) is 5.76. The first-order valence-corrected chi connectivity index (χ1v) is 8.14. The molecule has 0 fully saturated rings. The third-order valence-electron chi connectivity index (χ3n) is 2.66. The van der Waals surface area contributed by atoms with Crippen LogP contribution in [0.15, 0.2) is 52.0 Å². The number of nitrogens with zero attached hydrogens (tertiary/aromatic N) is 1. The summed E-state index contributed by atoms with van der Waals surface area (Å²) in [5.74, 6) is -0.377. The van der Waals surface area contributed by atoms with Crippen molar-refractivity contribution in [2.24, 2.45) is 0 Å². The molecule has 0 unspecified atom stereocenters. The molecule has 0 saturated carbocycles. The van der Waals surface area contributed by atoms with Gasteiger partial charge in [0.2, 0.25) is 0 Å². The Morgan fingerprint density at radius 3 is 2.38 bits per heavy atom. The minimum absolute atomic E-state index is 0.117. The van der Waals surface area contributed by atoms with E-state index in [1.54, 1.807) is 12.1 Å². The summed E-state index contributed by atoms with van der Waals surface area (Å²) in [4.78, 5) is 3.71. The smallest absolute Gasteiger partial charge is 0.260 e. The number of hydrogen-bond donors (Lipinski definition) is 0. The molecule has 0 aliphatic rings. The molecule has 1 aromatic heterocycles. The molecule has 0 bridgehead atoms. The maximum atomic E-state index is 12.6. The van der Waals surface area contributed by atoms with Crippen molar-refractivity contribution >= 4 is 25.8 Å². The van der Waals surface area contributed by atoms with Gasteiger partial charge in [-0.2, -0.15) is 13.2 Å². The fourth-order valence-corrected chi connectivity index (χ4v) is 4.15. The molecule has 0 aliphatic carbocycles. The molecule has 3 nitrogen and oxygen atoms in total. The van der Waals surface area contributed by atoms with Crippen molar-refractivity contribution in [3.05, 3.63) is 58.3 Å². The summed E-state index contributed by atoms with van der Waals surface area (Å²) in [7, 11) is -3.78.